The first-order valence-electron chi connectivity index (χ1n) is 38.5. The second-order valence-corrected chi connectivity index (χ2v) is 28.7. The van der Waals surface area contributed by atoms with Crippen LogP contribution in [-0.2, 0) is 94.4 Å². The van der Waals surface area contributed by atoms with Gasteiger partial charge in [0.15, 0.2) is 11.9 Å². The van der Waals surface area contributed by atoms with Gasteiger partial charge in [-0.1, -0.05) is 167 Å². The Morgan fingerprint density at radius 2 is 0.846 bits per heavy atom. The number of carboxylic acids is 1. The van der Waals surface area contributed by atoms with Crippen LogP contribution in [0.15, 0.2) is 158 Å². The molecule has 0 spiro atoms. The molecule has 0 bridgehead atoms. The minimum absolute atomic E-state index is 0.00224. The van der Waals surface area contributed by atoms with Crippen LogP contribution in [0.3, 0.4) is 0 Å². The maximum Gasteiger partial charge on any atom is 0.305 e. The molecule has 0 radical (unpaired) electrons. The molecule has 0 saturated heterocycles. The van der Waals surface area contributed by atoms with E-state index in [9.17, 15) is 53.4 Å². The molecule has 624 valence electrons. The summed E-state index contributed by atoms with van der Waals surface area (Å²) < 4.78 is 0. The van der Waals surface area contributed by atoms with E-state index in [4.69, 9.17) is 33.8 Å². The number of amides is 12. The number of hydrogen-bond donors (Lipinski definition) is 22. The van der Waals surface area contributed by atoms with Gasteiger partial charge in [0.25, 0.3) is 0 Å². The summed E-state index contributed by atoms with van der Waals surface area (Å²) >= 11 is 0. The van der Waals surface area contributed by atoms with Crippen molar-refractivity contribution in [3.8, 4) is 5.75 Å². The van der Waals surface area contributed by atoms with Gasteiger partial charge in [-0.3, -0.25) is 73.1 Å². The third kappa shape index (κ3) is 30.4. The first-order chi connectivity index (χ1) is 55.9. The Morgan fingerprint density at radius 3 is 1.39 bits per heavy atom. The second kappa shape index (κ2) is 46.0. The number of unbranched alkanes of at least 4 members (excludes halogenated alkanes) is 1. The molecule has 0 aliphatic carbocycles. The van der Waals surface area contributed by atoms with E-state index in [1.165, 1.54) is 12.1 Å². The van der Waals surface area contributed by atoms with Crippen LogP contribution < -0.4 is 92.1 Å². The van der Waals surface area contributed by atoms with Crippen LogP contribution in [-0.4, -0.2) is 191 Å². The summed E-state index contributed by atoms with van der Waals surface area (Å²) in [4.78, 5) is 187. The summed E-state index contributed by atoms with van der Waals surface area (Å²) in [5, 5.41) is 71.9. The van der Waals surface area contributed by atoms with E-state index in [1.54, 1.807) is 123 Å². The Bertz CT molecular complexity index is 4610. The van der Waals surface area contributed by atoms with Crippen LogP contribution in [0.25, 0.3) is 21.7 Å². The molecule has 12 amide bonds. The zero-order chi connectivity index (χ0) is 85.1. The normalized spacial score (nSPS) is 13.6. The number of phenolic OH excluding ortho intramolecular Hbond substituents is 1. The molecule has 1 aromatic heterocycles. The van der Waals surface area contributed by atoms with Crippen molar-refractivity contribution >= 4 is 110 Å². The summed E-state index contributed by atoms with van der Waals surface area (Å²) in [5.41, 5.74) is 26.1. The van der Waals surface area contributed by atoms with E-state index in [-0.39, 0.29) is 83.0 Å². The average Bonchev–Trinajstić information content (AvgIpc) is 1.79. The molecule has 1 heterocycles. The lowest BCUT2D eigenvalue weighted by molar-refractivity contribution is -0.141. The van der Waals surface area contributed by atoms with Crippen molar-refractivity contribution in [2.75, 3.05) is 26.2 Å². The number of aromatic amines is 1. The number of benzene rings is 6. The average molecular weight is 1610 g/mol. The standard InChI is InChI=1S/C82H106N20O15/c1-4-5-25-59(97-80(117)70(47(2)3)102-71(108)57(83)38-50-30-33-55(103)34-31-50)72(109)93-46-68(105)94-63(41-51-29-32-52-22-12-13-23-53(52)37-51)76(113)99-64(40-49-20-10-7-11-21-49)77(114)95-61(28-17-36-90-82(87)88)75(112)100-65(42-54-44-91-58-26-15-14-24-56(54)58)78(115)101-66(43-69(106)107)79(116)96-60(27-16-35-89-81(85)86)74(111)98-62(73(110)92-45-67(84)104)39-48-18-8-6-9-19-48/h6-15,18-24,26,29-34,37,44,47,57,59-66,70,91,103H,4-5,16-17,25,27-28,35-36,38-43,45-46,83H2,1-3H3,(H2,84,104)(H,92,110)(H,93,109)(H,94,105)(H,95,114)(H,96,116)(H,97,117)(H,98,111)(H,99,113)(H,100,112)(H,101,115)(H,102,108)(H,106,107)(H4,85,86,89)(H4,87,88,90)/t57-,59-,60-,61-,62-,63+,64-,65-,66-,70-/m0/s1. The topological polar surface area (TPSA) is 586 Å². The molecular weight excluding hydrogens is 1510 g/mol. The van der Waals surface area contributed by atoms with Crippen LogP contribution in [0.4, 0.5) is 0 Å². The summed E-state index contributed by atoms with van der Waals surface area (Å²) in [6.07, 6.45) is 0.515. The predicted octanol–water partition coefficient (Wildman–Crippen LogP) is -0.204. The number of carbonyl (C=O) groups is 13. The molecule has 0 aliphatic rings. The molecule has 6 aromatic carbocycles. The fourth-order valence-corrected chi connectivity index (χ4v) is 12.8. The fourth-order valence-electron chi connectivity index (χ4n) is 12.8. The molecule has 35 nitrogen and oxygen atoms in total. The van der Waals surface area contributed by atoms with Gasteiger partial charge in [0.05, 0.1) is 25.6 Å². The van der Waals surface area contributed by atoms with E-state index < -0.39 is 175 Å². The maximum absolute atomic E-state index is 15.3. The van der Waals surface area contributed by atoms with Crippen LogP contribution in [0.2, 0.25) is 0 Å². The number of nitrogens with one attached hydrogen (secondary N) is 16. The number of H-pyrrole nitrogens is 1. The quantitative estimate of drug-likeness (QED) is 0.0133. The molecule has 10 atom stereocenters. The van der Waals surface area contributed by atoms with Crippen molar-refractivity contribution < 1.29 is 72.5 Å². The number of aliphatic carboxylic acids is 1. The number of carbonyl (C=O) groups excluding carboxylic acids is 12. The highest BCUT2D eigenvalue weighted by Gasteiger charge is 2.37. The van der Waals surface area contributed by atoms with Gasteiger partial charge in [-0.05, 0) is 101 Å². The van der Waals surface area contributed by atoms with Crippen molar-refractivity contribution in [2.24, 2.45) is 28.9 Å². The Kier molecular flexibility index (Phi) is 35.7. The van der Waals surface area contributed by atoms with Crippen molar-refractivity contribution in [1.82, 2.24) is 74.1 Å². The number of phenols is 1. The summed E-state index contributed by atoms with van der Waals surface area (Å²) in [7, 11) is 0. The number of para-hydroxylation sites is 1. The van der Waals surface area contributed by atoms with E-state index in [0.717, 1.165) is 10.8 Å². The zero-order valence-corrected chi connectivity index (χ0v) is 65.4. The van der Waals surface area contributed by atoms with Gasteiger partial charge < -0.3 is 107 Å². The molecule has 0 unspecified atom stereocenters. The molecule has 117 heavy (non-hydrogen) atoms. The van der Waals surface area contributed by atoms with Gasteiger partial charge in [0.2, 0.25) is 70.9 Å². The smallest absolute Gasteiger partial charge is 0.305 e. The molecule has 0 saturated carbocycles. The van der Waals surface area contributed by atoms with Crippen LogP contribution in [0.1, 0.15) is 100.0 Å². The zero-order valence-electron chi connectivity index (χ0n) is 65.4. The van der Waals surface area contributed by atoms with Crippen LogP contribution in [0.5, 0.6) is 5.75 Å². The van der Waals surface area contributed by atoms with Crippen LogP contribution >= 0.6 is 0 Å². The van der Waals surface area contributed by atoms with Crippen molar-refractivity contribution in [1.29, 1.82) is 10.8 Å². The van der Waals surface area contributed by atoms with Crippen molar-refractivity contribution in [3.05, 3.63) is 186 Å². The Balaban J connectivity index is 1.15. The number of hydrogen-bond acceptors (Lipinski definition) is 17. The van der Waals surface area contributed by atoms with Crippen molar-refractivity contribution in [2.45, 2.75) is 165 Å². The second-order valence-electron chi connectivity index (χ2n) is 28.7. The number of aromatic hydroxyl groups is 1. The summed E-state index contributed by atoms with van der Waals surface area (Å²) in [5.74, 6) is -13.7. The SMILES string of the molecule is CCCC[C@H](NC(=O)[C@@H](NC(=O)[C@@H](N)Cc1ccc(O)cc1)C(C)C)C(=O)NCC(=O)N[C@H](Cc1ccc2ccccc2c1)C(=O)N[C@@H](Cc1ccccc1)C(=O)N[C@@H](CCCNC(=N)N)C(=O)N[C@@H](Cc1c[nH]c2ccccc12)C(=O)N[C@@H](CC(=O)O)C(=O)N[C@@H](CCCNC(=N)N)C(=O)N[C@@H](Cc1ccccc1)C(=O)NCC(N)=O. The molecule has 35 heteroatoms. The number of primary amides is 1. The minimum Gasteiger partial charge on any atom is -0.508 e. The number of fused-ring (bicyclic) bond motifs is 2. The van der Waals surface area contributed by atoms with Gasteiger partial charge in [-0.15, -0.1) is 0 Å². The number of nitrogens with two attached hydrogens (primary N) is 4. The largest absolute Gasteiger partial charge is 0.508 e. The maximum atomic E-state index is 15.3. The summed E-state index contributed by atoms with van der Waals surface area (Å²) in [6.45, 7) is 3.95. The minimum atomic E-state index is -1.99. The molecule has 0 fully saturated rings. The first-order valence-corrected chi connectivity index (χ1v) is 38.5. The van der Waals surface area contributed by atoms with Crippen molar-refractivity contribution in [3.63, 3.8) is 0 Å². The highest BCUT2D eigenvalue weighted by molar-refractivity contribution is 6.00. The predicted molar refractivity (Wildman–Crippen MR) is 437 cm³/mol. The Morgan fingerprint density at radius 1 is 0.419 bits per heavy atom. The number of rotatable bonds is 47. The van der Waals surface area contributed by atoms with Gasteiger partial charge in [-0.2, -0.15) is 0 Å². The van der Waals surface area contributed by atoms with Gasteiger partial charge >= 0.3 is 5.97 Å². The molecular formula is C82H106N20O15. The first kappa shape index (κ1) is 90.7. The van der Waals surface area contributed by atoms with Crippen LogP contribution in [0, 0.1) is 16.7 Å². The highest BCUT2D eigenvalue weighted by Crippen LogP contribution is 2.22. The summed E-state index contributed by atoms with van der Waals surface area (Å²) in [6, 6.07) is 28.1. The number of carboxylic acid groups (broad SMARTS) is 1. The number of aromatic nitrogens is 1. The third-order valence-corrected chi connectivity index (χ3v) is 19.0. The monoisotopic (exact) mass is 1610 g/mol. The lowest BCUT2D eigenvalue weighted by Crippen LogP contribution is -2.61. The van der Waals surface area contributed by atoms with E-state index in [2.05, 4.69) is 74.1 Å². The molecule has 0 aliphatic heterocycles. The number of guanidine groups is 2. The van der Waals surface area contributed by atoms with E-state index in [1.807, 2.05) is 43.3 Å². The third-order valence-electron chi connectivity index (χ3n) is 19.0. The van der Waals surface area contributed by atoms with Gasteiger partial charge in [0, 0.05) is 55.9 Å². The van der Waals surface area contributed by atoms with E-state index >= 15 is 19.2 Å². The Labute approximate surface area is 676 Å². The Hall–Kier alpha value is -13.5. The lowest BCUT2D eigenvalue weighted by Gasteiger charge is -2.28. The molecule has 7 rings (SSSR count). The van der Waals surface area contributed by atoms with Gasteiger partial charge in [0.1, 0.15) is 60.1 Å². The van der Waals surface area contributed by atoms with Gasteiger partial charge in [-0.25, -0.2) is 0 Å². The molecule has 26 N–H and O–H groups in total. The van der Waals surface area contributed by atoms with E-state index in [0.29, 0.717) is 51.6 Å². The fraction of sp³-hybridized carbons (Fsp3) is 0.378. The lowest BCUT2D eigenvalue weighted by atomic mass is 9.99. The molecule has 7 aromatic rings. The highest BCUT2D eigenvalue weighted by atomic mass is 16.4.